The van der Waals surface area contributed by atoms with E-state index in [-0.39, 0.29) is 15.7 Å². The Labute approximate surface area is 170 Å². The van der Waals surface area contributed by atoms with Crippen molar-refractivity contribution < 1.29 is 28.6 Å². The van der Waals surface area contributed by atoms with Crippen LogP contribution >= 0.6 is 24.0 Å². The highest BCUT2D eigenvalue weighted by molar-refractivity contribution is 8.26. The Balaban J connectivity index is 1.90. The van der Waals surface area contributed by atoms with Crippen LogP contribution in [0.1, 0.15) is 12.5 Å². The highest BCUT2D eigenvalue weighted by Crippen LogP contribution is 2.35. The van der Waals surface area contributed by atoms with Gasteiger partial charge in [0.05, 0.1) is 19.1 Å². The van der Waals surface area contributed by atoms with Gasteiger partial charge in [0.25, 0.3) is 5.91 Å². The molecule has 0 atom stereocenters. The summed E-state index contributed by atoms with van der Waals surface area (Å²) in [6.07, 6.45) is 3.95. The zero-order valence-electron chi connectivity index (χ0n) is 15.2. The highest BCUT2D eigenvalue weighted by atomic mass is 32.2. The molecule has 1 fully saturated rings. The third kappa shape index (κ3) is 3.85. The van der Waals surface area contributed by atoms with Crippen molar-refractivity contribution in [2.24, 2.45) is 0 Å². The van der Waals surface area contributed by atoms with Gasteiger partial charge in [0.15, 0.2) is 21.6 Å². The van der Waals surface area contributed by atoms with E-state index in [1.807, 2.05) is 0 Å². The van der Waals surface area contributed by atoms with Crippen molar-refractivity contribution in [3.63, 3.8) is 0 Å². The zero-order valence-corrected chi connectivity index (χ0v) is 16.8. The number of benzene rings is 1. The Kier molecular flexibility index (Phi) is 5.66. The van der Waals surface area contributed by atoms with Gasteiger partial charge in [0.2, 0.25) is 0 Å². The molecule has 2 heterocycles. The number of esters is 1. The number of carbonyl (C=O) groups excluding carboxylic acids is 3. The lowest BCUT2D eigenvalue weighted by atomic mass is 10.1. The Morgan fingerprint density at radius 2 is 1.86 bits per heavy atom. The number of thiocarbonyl (C=S) groups is 1. The van der Waals surface area contributed by atoms with E-state index < -0.39 is 17.7 Å². The van der Waals surface area contributed by atoms with Crippen LogP contribution in [-0.4, -0.2) is 41.1 Å². The van der Waals surface area contributed by atoms with Crippen molar-refractivity contribution in [2.45, 2.75) is 6.92 Å². The fraction of sp³-hybridized carbons (Fsp3) is 0.158. The lowest BCUT2D eigenvalue weighted by Crippen LogP contribution is -2.27. The van der Waals surface area contributed by atoms with Crippen LogP contribution in [0.4, 0.5) is 0 Å². The van der Waals surface area contributed by atoms with Crippen LogP contribution in [-0.2, 0) is 19.1 Å². The molecule has 0 aromatic heterocycles. The molecule has 0 saturated carbocycles. The first kappa shape index (κ1) is 19.8. The van der Waals surface area contributed by atoms with Gasteiger partial charge >= 0.3 is 5.97 Å². The second-order valence-electron chi connectivity index (χ2n) is 5.72. The molecular weight excluding hydrogens is 402 g/mol. The molecule has 1 aromatic rings. The predicted molar refractivity (Wildman–Crippen MR) is 107 cm³/mol. The van der Waals surface area contributed by atoms with Crippen LogP contribution in [0.2, 0.25) is 0 Å². The molecule has 2 aliphatic rings. The van der Waals surface area contributed by atoms with Crippen molar-refractivity contribution in [1.82, 2.24) is 4.90 Å². The van der Waals surface area contributed by atoms with E-state index in [1.54, 1.807) is 24.3 Å². The molecule has 3 rings (SSSR count). The molecule has 9 heteroatoms. The number of allylic oxidation sites excluding steroid dienone is 2. The number of cyclic esters (lactones) is 1. The molecule has 28 heavy (non-hydrogen) atoms. The van der Waals surface area contributed by atoms with Gasteiger partial charge in [0.1, 0.15) is 11.3 Å². The van der Waals surface area contributed by atoms with E-state index in [9.17, 15) is 14.4 Å². The molecule has 1 saturated heterocycles. The SMILES string of the molecule is COc1ccc(/C=C2/SC(=S)N(/C=C3/C(=O)C=C(C)OC3=O)C2=O)cc1OC. The van der Waals surface area contributed by atoms with Crippen molar-refractivity contribution >= 4 is 52.0 Å². The van der Waals surface area contributed by atoms with Gasteiger partial charge in [-0.3, -0.25) is 14.5 Å². The van der Waals surface area contributed by atoms with Crippen LogP contribution in [0.3, 0.4) is 0 Å². The molecule has 0 aliphatic carbocycles. The summed E-state index contributed by atoms with van der Waals surface area (Å²) in [6, 6.07) is 5.21. The molecule has 0 unspecified atom stereocenters. The Bertz CT molecular complexity index is 992. The molecule has 0 bridgehead atoms. The number of ether oxygens (including phenoxy) is 3. The summed E-state index contributed by atoms with van der Waals surface area (Å²) in [5.74, 6) is -0.509. The molecule has 0 radical (unpaired) electrons. The molecule has 1 amide bonds. The average Bonchev–Trinajstić information content (AvgIpc) is 2.91. The van der Waals surface area contributed by atoms with Gasteiger partial charge in [0, 0.05) is 12.3 Å². The number of nitrogens with zero attached hydrogens (tertiary/aromatic N) is 1. The Morgan fingerprint density at radius 3 is 2.50 bits per heavy atom. The lowest BCUT2D eigenvalue weighted by molar-refractivity contribution is -0.137. The molecule has 7 nitrogen and oxygen atoms in total. The number of ketones is 1. The molecule has 2 aliphatic heterocycles. The van der Waals surface area contributed by atoms with Crippen LogP contribution < -0.4 is 9.47 Å². The predicted octanol–water partition coefficient (Wildman–Crippen LogP) is 2.82. The maximum Gasteiger partial charge on any atom is 0.348 e. The Morgan fingerprint density at radius 1 is 1.14 bits per heavy atom. The third-order valence-electron chi connectivity index (χ3n) is 3.86. The van der Waals surface area contributed by atoms with E-state index in [4.69, 9.17) is 26.4 Å². The lowest BCUT2D eigenvalue weighted by Gasteiger charge is -2.14. The monoisotopic (exact) mass is 417 g/mol. The second-order valence-corrected chi connectivity index (χ2v) is 7.39. The molecule has 144 valence electrons. The number of hydrogen-bond donors (Lipinski definition) is 0. The Hall–Kier alpha value is -2.91. The summed E-state index contributed by atoms with van der Waals surface area (Å²) in [6.45, 7) is 1.50. The van der Waals surface area contributed by atoms with Gasteiger partial charge in [-0.25, -0.2) is 4.79 Å². The maximum atomic E-state index is 12.7. The van der Waals surface area contributed by atoms with Gasteiger partial charge in [-0.1, -0.05) is 30.0 Å². The van der Waals surface area contributed by atoms with Crippen LogP contribution in [0, 0.1) is 0 Å². The first-order valence-electron chi connectivity index (χ1n) is 7.99. The largest absolute Gasteiger partial charge is 0.493 e. The minimum absolute atomic E-state index is 0.200. The summed E-state index contributed by atoms with van der Waals surface area (Å²) < 4.78 is 15.6. The van der Waals surface area contributed by atoms with Crippen LogP contribution in [0.5, 0.6) is 11.5 Å². The number of hydrogen-bond acceptors (Lipinski definition) is 8. The van der Waals surface area contributed by atoms with E-state index in [0.717, 1.165) is 22.9 Å². The summed E-state index contributed by atoms with van der Waals surface area (Å²) in [5, 5.41) is 0. The summed E-state index contributed by atoms with van der Waals surface area (Å²) in [4.78, 5) is 38.1. The van der Waals surface area contributed by atoms with E-state index in [1.165, 1.54) is 27.2 Å². The smallest absolute Gasteiger partial charge is 0.348 e. The quantitative estimate of drug-likeness (QED) is 0.320. The number of rotatable bonds is 4. The number of amides is 1. The normalized spacial score (nSPS) is 20.0. The zero-order chi connectivity index (χ0) is 20.4. The van der Waals surface area contributed by atoms with E-state index in [0.29, 0.717) is 22.0 Å². The fourth-order valence-corrected chi connectivity index (χ4v) is 3.73. The van der Waals surface area contributed by atoms with Gasteiger partial charge in [-0.05, 0) is 30.7 Å². The average molecular weight is 417 g/mol. The number of methoxy groups -OCH3 is 2. The maximum absolute atomic E-state index is 12.7. The minimum Gasteiger partial charge on any atom is -0.493 e. The van der Waals surface area contributed by atoms with Crippen molar-refractivity contribution in [3.8, 4) is 11.5 Å². The highest BCUT2D eigenvalue weighted by Gasteiger charge is 2.34. The number of thioether (sulfide) groups is 1. The fourth-order valence-electron chi connectivity index (χ4n) is 2.52. The number of carbonyl (C=O) groups is 3. The van der Waals surface area contributed by atoms with E-state index in [2.05, 4.69) is 0 Å². The van der Waals surface area contributed by atoms with E-state index >= 15 is 0 Å². The van der Waals surface area contributed by atoms with Crippen LogP contribution in [0.25, 0.3) is 6.08 Å². The molecule has 0 spiro atoms. The molecule has 0 N–H and O–H groups in total. The van der Waals surface area contributed by atoms with Crippen molar-refractivity contribution in [3.05, 3.63) is 52.3 Å². The first-order valence-corrected chi connectivity index (χ1v) is 9.22. The van der Waals surface area contributed by atoms with Gasteiger partial charge < -0.3 is 14.2 Å². The second kappa shape index (κ2) is 7.99. The van der Waals surface area contributed by atoms with Crippen molar-refractivity contribution in [2.75, 3.05) is 14.2 Å². The summed E-state index contributed by atoms with van der Waals surface area (Å²) in [5.41, 5.74) is 0.451. The summed E-state index contributed by atoms with van der Waals surface area (Å²) in [7, 11) is 3.05. The van der Waals surface area contributed by atoms with Crippen molar-refractivity contribution in [1.29, 1.82) is 0 Å². The standard InChI is InChI=1S/C19H15NO6S2/c1-10-6-13(21)12(18(23)26-10)9-20-17(22)16(28-19(20)27)8-11-4-5-14(24-2)15(7-11)25-3/h4-9H,1-3H3/b12-9-,16-8+. The van der Waals surface area contributed by atoms with Crippen LogP contribution in [0.15, 0.2) is 46.7 Å². The molecule has 1 aromatic carbocycles. The molecular formula is C19H15NO6S2. The van der Waals surface area contributed by atoms with Gasteiger partial charge in [-0.2, -0.15) is 0 Å². The minimum atomic E-state index is -0.817. The topological polar surface area (TPSA) is 82.1 Å². The first-order chi connectivity index (χ1) is 13.3. The summed E-state index contributed by atoms with van der Waals surface area (Å²) >= 11 is 6.29. The van der Waals surface area contributed by atoms with Gasteiger partial charge in [-0.15, -0.1) is 0 Å². The third-order valence-corrected chi connectivity index (χ3v) is 5.19.